The number of hydrogen-bond donors (Lipinski definition) is 3. The van der Waals surface area contributed by atoms with Crippen LogP contribution in [0.5, 0.6) is 11.5 Å². The van der Waals surface area contributed by atoms with Crippen molar-refractivity contribution < 1.29 is 23.9 Å². The topological polar surface area (TPSA) is 130 Å². The number of nitrogens with one attached hydrogen (secondary N) is 3. The van der Waals surface area contributed by atoms with Gasteiger partial charge < -0.3 is 14.8 Å². The van der Waals surface area contributed by atoms with Crippen LogP contribution in [0.15, 0.2) is 54.6 Å². The van der Waals surface area contributed by atoms with E-state index in [2.05, 4.69) is 16.2 Å². The smallest absolute Gasteiger partial charge is 0.276 e. The Morgan fingerprint density at radius 2 is 1.56 bits per heavy atom. The van der Waals surface area contributed by atoms with Crippen LogP contribution in [0.25, 0.3) is 0 Å². The number of rotatable bonds is 11. The van der Waals surface area contributed by atoms with Crippen LogP contribution in [0.3, 0.4) is 0 Å². The average Bonchev–Trinajstić information content (AvgIpc) is 2.83. The molecule has 0 aliphatic heterocycles. The third-order valence-corrected chi connectivity index (χ3v) is 4.70. The number of benzene rings is 2. The minimum atomic E-state index is -0.839. The van der Waals surface area contributed by atoms with E-state index in [4.69, 9.17) is 14.7 Å². The Balaban J connectivity index is 1.78. The fraction of sp³-hybridized carbons (Fsp3) is 0.273. The molecule has 2 aromatic carbocycles. The van der Waals surface area contributed by atoms with E-state index in [9.17, 15) is 14.4 Å². The second-order valence-electron chi connectivity index (χ2n) is 6.47. The van der Waals surface area contributed by atoms with E-state index < -0.39 is 23.8 Å². The van der Waals surface area contributed by atoms with Crippen molar-refractivity contribution in [2.45, 2.75) is 12.5 Å². The summed E-state index contributed by atoms with van der Waals surface area (Å²) in [5, 5.41) is 11.4. The van der Waals surface area contributed by atoms with Crippen LogP contribution in [0.4, 0.5) is 0 Å². The highest BCUT2D eigenvalue weighted by Crippen LogP contribution is 2.11. The standard InChI is InChI=1S/C22H24N4O5S/c1-32-12-11-19(24-20(27)14-30-17-5-3-2-4-6-17)22(29)26-25-21(28)15-31-18-9-7-16(13-23)8-10-18/h2-10,19H,11-12,14-15H2,1H3,(H,24,27)(H,25,28)(H,26,29). The number of hydrogen-bond acceptors (Lipinski definition) is 7. The maximum atomic E-state index is 12.4. The van der Waals surface area contributed by atoms with Crippen molar-refractivity contribution in [3.05, 3.63) is 60.2 Å². The number of hydrazine groups is 1. The molecule has 0 aromatic heterocycles. The lowest BCUT2D eigenvalue weighted by molar-refractivity contribution is -0.133. The molecule has 3 amide bonds. The number of amides is 3. The highest BCUT2D eigenvalue weighted by Gasteiger charge is 2.21. The molecular weight excluding hydrogens is 432 g/mol. The van der Waals surface area contributed by atoms with E-state index in [1.54, 1.807) is 48.5 Å². The first-order valence-electron chi connectivity index (χ1n) is 9.69. The monoisotopic (exact) mass is 456 g/mol. The number of ether oxygens (including phenoxy) is 2. The Morgan fingerprint density at radius 3 is 2.19 bits per heavy atom. The quantitative estimate of drug-likeness (QED) is 0.436. The maximum absolute atomic E-state index is 12.4. The second kappa shape index (κ2) is 13.6. The van der Waals surface area contributed by atoms with Gasteiger partial charge in [0.15, 0.2) is 13.2 Å². The Bertz CT molecular complexity index is 932. The van der Waals surface area contributed by atoms with Crippen molar-refractivity contribution in [3.8, 4) is 17.6 Å². The third kappa shape index (κ3) is 8.97. The molecule has 0 spiro atoms. The molecule has 0 fully saturated rings. The summed E-state index contributed by atoms with van der Waals surface area (Å²) in [5.41, 5.74) is 5.03. The molecule has 2 rings (SSSR count). The van der Waals surface area contributed by atoms with Crippen molar-refractivity contribution >= 4 is 29.5 Å². The van der Waals surface area contributed by atoms with Crippen LogP contribution in [0, 0.1) is 11.3 Å². The summed E-state index contributed by atoms with van der Waals surface area (Å²) in [6.07, 6.45) is 2.26. The SMILES string of the molecule is CSCCC(NC(=O)COc1ccccc1)C(=O)NNC(=O)COc1ccc(C#N)cc1. The summed E-state index contributed by atoms with van der Waals surface area (Å²) in [7, 11) is 0. The lowest BCUT2D eigenvalue weighted by Gasteiger charge is -2.18. The molecule has 168 valence electrons. The highest BCUT2D eigenvalue weighted by atomic mass is 32.2. The zero-order valence-electron chi connectivity index (χ0n) is 17.5. The average molecular weight is 457 g/mol. The van der Waals surface area contributed by atoms with E-state index >= 15 is 0 Å². The molecular formula is C22H24N4O5S. The van der Waals surface area contributed by atoms with Crippen molar-refractivity contribution in [1.82, 2.24) is 16.2 Å². The molecule has 2 aromatic rings. The minimum Gasteiger partial charge on any atom is -0.484 e. The van der Waals surface area contributed by atoms with E-state index in [1.165, 1.54) is 11.8 Å². The van der Waals surface area contributed by atoms with Crippen molar-refractivity contribution in [3.63, 3.8) is 0 Å². The van der Waals surface area contributed by atoms with Gasteiger partial charge in [-0.25, -0.2) is 0 Å². The second-order valence-corrected chi connectivity index (χ2v) is 7.45. The summed E-state index contributed by atoms with van der Waals surface area (Å²) in [6, 6.07) is 16.3. The molecule has 0 bridgehead atoms. The van der Waals surface area contributed by atoms with Gasteiger partial charge in [0.1, 0.15) is 17.5 Å². The summed E-state index contributed by atoms with van der Waals surface area (Å²) in [6.45, 7) is -0.573. The highest BCUT2D eigenvalue weighted by molar-refractivity contribution is 7.98. The molecule has 0 aliphatic rings. The van der Waals surface area contributed by atoms with E-state index in [-0.39, 0.29) is 13.2 Å². The fourth-order valence-corrected chi connectivity index (χ4v) is 2.91. The number of para-hydroxylation sites is 1. The summed E-state index contributed by atoms with van der Waals surface area (Å²) in [5.74, 6) is -0.000943. The van der Waals surface area contributed by atoms with Gasteiger partial charge in [-0.3, -0.25) is 25.2 Å². The van der Waals surface area contributed by atoms with Crippen molar-refractivity contribution in [2.75, 3.05) is 25.2 Å². The van der Waals surface area contributed by atoms with Gasteiger partial charge in [0.25, 0.3) is 17.7 Å². The molecule has 0 saturated carbocycles. The molecule has 0 aliphatic carbocycles. The van der Waals surface area contributed by atoms with Crippen LogP contribution in [-0.2, 0) is 14.4 Å². The van der Waals surface area contributed by atoms with Crippen LogP contribution in [0.1, 0.15) is 12.0 Å². The first-order valence-corrected chi connectivity index (χ1v) is 11.1. The molecule has 10 heteroatoms. The number of carbonyl (C=O) groups is 3. The Morgan fingerprint density at radius 1 is 0.938 bits per heavy atom. The Kier molecular flexibility index (Phi) is 10.4. The van der Waals surface area contributed by atoms with Crippen LogP contribution >= 0.6 is 11.8 Å². The van der Waals surface area contributed by atoms with Crippen LogP contribution in [0.2, 0.25) is 0 Å². The number of nitriles is 1. The first kappa shape index (κ1) is 24.6. The van der Waals surface area contributed by atoms with E-state index in [0.29, 0.717) is 29.2 Å². The van der Waals surface area contributed by atoms with Crippen molar-refractivity contribution in [2.24, 2.45) is 0 Å². The molecule has 1 unspecified atom stereocenters. The molecule has 3 N–H and O–H groups in total. The molecule has 0 heterocycles. The molecule has 9 nitrogen and oxygen atoms in total. The van der Waals surface area contributed by atoms with Gasteiger partial charge in [-0.05, 0) is 54.8 Å². The molecule has 32 heavy (non-hydrogen) atoms. The maximum Gasteiger partial charge on any atom is 0.276 e. The lowest BCUT2D eigenvalue weighted by Crippen LogP contribution is -2.53. The lowest BCUT2D eigenvalue weighted by atomic mass is 10.2. The van der Waals surface area contributed by atoms with Gasteiger partial charge in [0, 0.05) is 0 Å². The largest absolute Gasteiger partial charge is 0.484 e. The van der Waals surface area contributed by atoms with Gasteiger partial charge in [0.05, 0.1) is 11.6 Å². The summed E-state index contributed by atoms with van der Waals surface area (Å²) in [4.78, 5) is 36.6. The van der Waals surface area contributed by atoms with Gasteiger partial charge >= 0.3 is 0 Å². The van der Waals surface area contributed by atoms with Gasteiger partial charge in [-0.2, -0.15) is 17.0 Å². The van der Waals surface area contributed by atoms with E-state index in [0.717, 1.165) is 0 Å². The predicted octanol–water partition coefficient (Wildman–Crippen LogP) is 1.40. The number of carbonyl (C=O) groups excluding carboxylic acids is 3. The van der Waals surface area contributed by atoms with Crippen LogP contribution < -0.4 is 25.6 Å². The summed E-state index contributed by atoms with van der Waals surface area (Å²) >= 11 is 1.53. The normalized spacial score (nSPS) is 10.9. The van der Waals surface area contributed by atoms with Crippen LogP contribution in [-0.4, -0.2) is 49.0 Å². The fourth-order valence-electron chi connectivity index (χ4n) is 2.44. The molecule has 0 saturated heterocycles. The first-order chi connectivity index (χ1) is 15.5. The minimum absolute atomic E-state index is 0.238. The molecule has 0 radical (unpaired) electrons. The zero-order chi connectivity index (χ0) is 23.2. The third-order valence-electron chi connectivity index (χ3n) is 4.05. The van der Waals surface area contributed by atoms with Gasteiger partial charge in [-0.1, -0.05) is 18.2 Å². The Hall–Kier alpha value is -3.71. The van der Waals surface area contributed by atoms with Crippen molar-refractivity contribution in [1.29, 1.82) is 5.26 Å². The number of nitrogens with zero attached hydrogens (tertiary/aromatic N) is 1. The Labute approximate surface area is 190 Å². The summed E-state index contributed by atoms with van der Waals surface area (Å²) < 4.78 is 10.7. The molecule has 1 atom stereocenters. The predicted molar refractivity (Wildman–Crippen MR) is 120 cm³/mol. The van der Waals surface area contributed by atoms with Gasteiger partial charge in [-0.15, -0.1) is 0 Å². The van der Waals surface area contributed by atoms with Gasteiger partial charge in [0.2, 0.25) is 0 Å². The van der Waals surface area contributed by atoms with E-state index in [1.807, 2.05) is 18.4 Å². The zero-order valence-corrected chi connectivity index (χ0v) is 18.3. The number of thioether (sulfide) groups is 1.